The van der Waals surface area contributed by atoms with Crippen molar-refractivity contribution in [3.8, 4) is 0 Å². The van der Waals surface area contributed by atoms with Crippen LogP contribution in [0.5, 0.6) is 0 Å². The number of carbonyl (C=O) groups is 1. The third-order valence-electron chi connectivity index (χ3n) is 1.92. The van der Waals surface area contributed by atoms with E-state index in [1.807, 2.05) is 5.32 Å². The molecule has 0 bridgehead atoms. The lowest BCUT2D eigenvalue weighted by molar-refractivity contribution is -0.121. The third kappa shape index (κ3) is 7.18. The number of hydrogen-bond acceptors (Lipinski definition) is 3. The van der Waals surface area contributed by atoms with Crippen molar-refractivity contribution in [3.05, 3.63) is 0 Å². The van der Waals surface area contributed by atoms with E-state index >= 15 is 0 Å². The molecule has 0 aromatic rings. The summed E-state index contributed by atoms with van der Waals surface area (Å²) in [6.45, 7) is 2.32. The summed E-state index contributed by atoms with van der Waals surface area (Å²) in [5, 5.41) is 6.91. The zero-order chi connectivity index (χ0) is 13.6. The van der Waals surface area contributed by atoms with Gasteiger partial charge in [0.2, 0.25) is 5.91 Å². The smallest absolute Gasteiger partial charge is 0.277 e. The van der Waals surface area contributed by atoms with Gasteiger partial charge >= 0.3 is 0 Å². The predicted octanol–water partition coefficient (Wildman–Crippen LogP) is -0.328. The van der Waals surface area contributed by atoms with Crippen molar-refractivity contribution in [1.29, 1.82) is 0 Å². The van der Waals surface area contributed by atoms with Crippen LogP contribution in [-0.4, -0.2) is 44.2 Å². The Hall–Kier alpha value is -0.800. The maximum absolute atomic E-state index is 11.8. The number of nitrogens with zero attached hydrogens (tertiary/aromatic N) is 1. The van der Waals surface area contributed by atoms with Crippen LogP contribution in [0, 0.1) is 0 Å². The molecule has 0 unspecified atom stereocenters. The standard InChI is InChI=1S/C8H17F2N3O3S/c1-6(2)13(17(11,15)16)4-3-8(14)12-5-7(9)10/h6-7H,3-5H2,1-2H3,(H,12,14)(H2,11,15,16). The molecule has 9 heteroatoms. The average molecular weight is 273 g/mol. The molecule has 17 heavy (non-hydrogen) atoms. The highest BCUT2D eigenvalue weighted by atomic mass is 32.2. The van der Waals surface area contributed by atoms with Gasteiger partial charge < -0.3 is 5.32 Å². The Morgan fingerprint density at radius 2 is 1.94 bits per heavy atom. The van der Waals surface area contributed by atoms with Crippen LogP contribution in [0.3, 0.4) is 0 Å². The molecule has 0 heterocycles. The molecule has 0 rings (SSSR count). The van der Waals surface area contributed by atoms with Gasteiger partial charge in [0, 0.05) is 19.0 Å². The number of nitrogens with one attached hydrogen (secondary N) is 1. The van der Waals surface area contributed by atoms with Crippen molar-refractivity contribution in [3.63, 3.8) is 0 Å². The van der Waals surface area contributed by atoms with Crippen molar-refractivity contribution in [2.45, 2.75) is 32.7 Å². The summed E-state index contributed by atoms with van der Waals surface area (Å²) in [6.07, 6.45) is -2.83. The molecule has 0 saturated heterocycles. The van der Waals surface area contributed by atoms with E-state index in [1.54, 1.807) is 13.8 Å². The van der Waals surface area contributed by atoms with Gasteiger partial charge in [0.05, 0.1) is 6.54 Å². The van der Waals surface area contributed by atoms with Gasteiger partial charge in [-0.3, -0.25) is 4.79 Å². The van der Waals surface area contributed by atoms with Crippen LogP contribution in [0.2, 0.25) is 0 Å². The maximum Gasteiger partial charge on any atom is 0.277 e. The fraction of sp³-hybridized carbons (Fsp3) is 0.875. The van der Waals surface area contributed by atoms with Gasteiger partial charge in [-0.25, -0.2) is 13.9 Å². The van der Waals surface area contributed by atoms with E-state index < -0.39 is 35.1 Å². The second-order valence-corrected chi connectivity index (χ2v) is 5.19. The van der Waals surface area contributed by atoms with E-state index in [-0.39, 0.29) is 13.0 Å². The summed E-state index contributed by atoms with van der Waals surface area (Å²) < 4.78 is 46.7. The van der Waals surface area contributed by atoms with Crippen molar-refractivity contribution in [2.75, 3.05) is 13.1 Å². The van der Waals surface area contributed by atoms with Crippen LogP contribution < -0.4 is 10.5 Å². The van der Waals surface area contributed by atoms with E-state index in [0.717, 1.165) is 4.31 Å². The molecule has 0 saturated carbocycles. The summed E-state index contributed by atoms with van der Waals surface area (Å²) in [5.74, 6) is -0.639. The lowest BCUT2D eigenvalue weighted by Crippen LogP contribution is -2.43. The van der Waals surface area contributed by atoms with E-state index in [4.69, 9.17) is 5.14 Å². The molecule has 0 atom stereocenters. The van der Waals surface area contributed by atoms with Crippen LogP contribution in [0.4, 0.5) is 8.78 Å². The molecule has 0 fully saturated rings. The molecule has 0 aromatic heterocycles. The second kappa shape index (κ2) is 6.82. The summed E-state index contributed by atoms with van der Waals surface area (Å²) in [6, 6.07) is -0.395. The topological polar surface area (TPSA) is 92.5 Å². The summed E-state index contributed by atoms with van der Waals surface area (Å²) in [4.78, 5) is 11.1. The Morgan fingerprint density at radius 1 is 1.41 bits per heavy atom. The van der Waals surface area contributed by atoms with Crippen molar-refractivity contribution in [1.82, 2.24) is 9.62 Å². The van der Waals surface area contributed by atoms with E-state index in [0.29, 0.717) is 0 Å². The average Bonchev–Trinajstić information content (AvgIpc) is 2.12. The van der Waals surface area contributed by atoms with Crippen molar-refractivity contribution < 1.29 is 22.0 Å². The summed E-state index contributed by atoms with van der Waals surface area (Å²) in [5.41, 5.74) is 0. The molecular weight excluding hydrogens is 256 g/mol. The Balaban J connectivity index is 4.20. The highest BCUT2D eigenvalue weighted by Gasteiger charge is 2.21. The number of halogens is 2. The molecule has 0 aliphatic rings. The molecule has 102 valence electrons. The SMILES string of the molecule is CC(C)N(CCC(=O)NCC(F)F)S(N)(=O)=O. The summed E-state index contributed by atoms with van der Waals surface area (Å²) >= 11 is 0. The number of amides is 1. The Kier molecular flexibility index (Phi) is 6.50. The van der Waals surface area contributed by atoms with Gasteiger partial charge in [0.25, 0.3) is 16.6 Å². The first-order valence-electron chi connectivity index (χ1n) is 4.99. The highest BCUT2D eigenvalue weighted by Crippen LogP contribution is 2.03. The van der Waals surface area contributed by atoms with Gasteiger partial charge in [-0.1, -0.05) is 0 Å². The quantitative estimate of drug-likeness (QED) is 0.665. The zero-order valence-electron chi connectivity index (χ0n) is 9.69. The minimum absolute atomic E-state index is 0.133. The van der Waals surface area contributed by atoms with Crippen LogP contribution in [0.25, 0.3) is 0 Å². The van der Waals surface area contributed by atoms with E-state index in [1.165, 1.54) is 0 Å². The number of alkyl halides is 2. The molecule has 0 radical (unpaired) electrons. The highest BCUT2D eigenvalue weighted by molar-refractivity contribution is 7.86. The maximum atomic E-state index is 11.8. The molecule has 1 amide bonds. The van der Waals surface area contributed by atoms with Crippen LogP contribution in [-0.2, 0) is 15.0 Å². The third-order valence-corrected chi connectivity index (χ3v) is 3.17. The van der Waals surface area contributed by atoms with Crippen molar-refractivity contribution >= 4 is 16.1 Å². The first-order chi connectivity index (χ1) is 7.64. The molecule has 6 nitrogen and oxygen atoms in total. The largest absolute Gasteiger partial charge is 0.350 e. The minimum Gasteiger partial charge on any atom is -0.350 e. The van der Waals surface area contributed by atoms with E-state index in [9.17, 15) is 22.0 Å². The number of rotatable bonds is 7. The van der Waals surface area contributed by atoms with Gasteiger partial charge in [0.1, 0.15) is 0 Å². The second-order valence-electron chi connectivity index (χ2n) is 3.69. The number of carbonyl (C=O) groups excluding carboxylic acids is 1. The predicted molar refractivity (Wildman–Crippen MR) is 58.6 cm³/mol. The number of hydrogen-bond donors (Lipinski definition) is 2. The monoisotopic (exact) mass is 273 g/mol. The molecule has 0 aromatic carbocycles. The van der Waals surface area contributed by atoms with Crippen LogP contribution >= 0.6 is 0 Å². The minimum atomic E-state index is -3.89. The normalized spacial score (nSPS) is 12.5. The fourth-order valence-electron chi connectivity index (χ4n) is 1.17. The molecule has 0 aliphatic carbocycles. The van der Waals surface area contributed by atoms with Gasteiger partial charge in [-0.15, -0.1) is 0 Å². The molecule has 3 N–H and O–H groups in total. The van der Waals surface area contributed by atoms with Crippen LogP contribution in [0.1, 0.15) is 20.3 Å². The number of nitrogens with two attached hydrogens (primary N) is 1. The first kappa shape index (κ1) is 16.2. The molecular formula is C8H17F2N3O3S. The Morgan fingerprint density at radius 3 is 2.29 bits per heavy atom. The van der Waals surface area contributed by atoms with Crippen molar-refractivity contribution in [2.24, 2.45) is 5.14 Å². The summed E-state index contributed by atoms with van der Waals surface area (Å²) in [7, 11) is -3.89. The zero-order valence-corrected chi connectivity index (χ0v) is 10.5. The van der Waals surface area contributed by atoms with Gasteiger partial charge in [-0.2, -0.15) is 12.7 Å². The van der Waals surface area contributed by atoms with E-state index in [2.05, 4.69) is 0 Å². The first-order valence-corrected chi connectivity index (χ1v) is 6.49. The lowest BCUT2D eigenvalue weighted by atomic mass is 10.3. The Labute approximate surface area is 99.3 Å². The van der Waals surface area contributed by atoms with Crippen LogP contribution in [0.15, 0.2) is 0 Å². The molecule has 0 spiro atoms. The fourth-order valence-corrected chi connectivity index (χ4v) is 2.10. The lowest BCUT2D eigenvalue weighted by Gasteiger charge is -2.22. The Bertz CT molecular complexity index is 346. The van der Waals surface area contributed by atoms with Gasteiger partial charge in [-0.05, 0) is 13.8 Å². The molecule has 0 aliphatic heterocycles. The van der Waals surface area contributed by atoms with Gasteiger partial charge in [0.15, 0.2) is 0 Å².